The Kier molecular flexibility index (Phi) is 5.48. The number of fused-ring (bicyclic) bond motifs is 1. The highest BCUT2D eigenvalue weighted by atomic mass is 32.2. The van der Waals surface area contributed by atoms with Crippen LogP contribution in [0.3, 0.4) is 0 Å². The van der Waals surface area contributed by atoms with Gasteiger partial charge in [0.1, 0.15) is 6.61 Å². The molecule has 0 unspecified atom stereocenters. The van der Waals surface area contributed by atoms with E-state index < -0.39 is 6.10 Å². The Morgan fingerprint density at radius 2 is 1.86 bits per heavy atom. The lowest BCUT2D eigenvalue weighted by Crippen LogP contribution is -2.27. The van der Waals surface area contributed by atoms with Crippen LogP contribution >= 0.6 is 11.8 Å². The molecule has 1 amide bonds. The fourth-order valence-corrected chi connectivity index (χ4v) is 3.44. The van der Waals surface area contributed by atoms with Crippen molar-refractivity contribution in [2.45, 2.75) is 17.9 Å². The number of nitrogens with zero attached hydrogens (tertiary/aromatic N) is 3. The van der Waals surface area contributed by atoms with E-state index in [9.17, 15) is 4.79 Å². The van der Waals surface area contributed by atoms with Crippen molar-refractivity contribution in [1.82, 2.24) is 15.1 Å². The quantitative estimate of drug-likeness (QED) is 0.590. The van der Waals surface area contributed by atoms with Crippen LogP contribution in [0.2, 0.25) is 0 Å². The molecule has 0 aliphatic carbocycles. The Balaban J connectivity index is 1.31. The highest BCUT2D eigenvalue weighted by molar-refractivity contribution is 7.99. The molecule has 0 N–H and O–H groups in total. The number of benzene rings is 2. The summed E-state index contributed by atoms with van der Waals surface area (Å²) in [4.78, 5) is 14.0. The Hall–Kier alpha value is -3.00. The van der Waals surface area contributed by atoms with E-state index in [2.05, 4.69) is 10.2 Å². The number of ether oxygens (including phenoxy) is 2. The Morgan fingerprint density at radius 1 is 1.11 bits per heavy atom. The maximum atomic E-state index is 12.3. The number of carbonyl (C=O) groups is 1. The normalized spacial score (nSPS) is 15.2. The van der Waals surface area contributed by atoms with E-state index in [-0.39, 0.29) is 11.7 Å². The van der Waals surface area contributed by atoms with Gasteiger partial charge in [0.2, 0.25) is 12.0 Å². The van der Waals surface area contributed by atoms with Gasteiger partial charge in [-0.25, -0.2) is 0 Å². The zero-order valence-electron chi connectivity index (χ0n) is 15.3. The highest BCUT2D eigenvalue weighted by Crippen LogP contribution is 2.35. The van der Waals surface area contributed by atoms with Crippen molar-refractivity contribution in [2.75, 3.05) is 19.4 Å². The summed E-state index contributed by atoms with van der Waals surface area (Å²) in [5.41, 5.74) is 1.08. The molecule has 2 aromatic carbocycles. The Morgan fingerprint density at radius 3 is 2.68 bits per heavy atom. The zero-order chi connectivity index (χ0) is 19.3. The number of aromatic nitrogens is 2. The molecular formula is C20H19N3O4S. The minimum atomic E-state index is -0.465. The summed E-state index contributed by atoms with van der Waals surface area (Å²) in [7, 11) is 1.78. The highest BCUT2D eigenvalue weighted by Gasteiger charge is 2.27. The van der Waals surface area contributed by atoms with E-state index in [1.807, 2.05) is 54.6 Å². The fourth-order valence-electron chi connectivity index (χ4n) is 2.73. The number of thioether (sulfide) groups is 1. The first-order valence-corrected chi connectivity index (χ1v) is 9.80. The van der Waals surface area contributed by atoms with Gasteiger partial charge >= 0.3 is 0 Å². The van der Waals surface area contributed by atoms with Gasteiger partial charge < -0.3 is 18.8 Å². The fraction of sp³-hybridized carbons (Fsp3) is 0.250. The summed E-state index contributed by atoms with van der Waals surface area (Å²) in [5, 5.41) is 8.37. The molecule has 0 spiro atoms. The van der Waals surface area contributed by atoms with Crippen molar-refractivity contribution in [3.05, 3.63) is 66.1 Å². The summed E-state index contributed by atoms with van der Waals surface area (Å²) < 4.78 is 17.2. The van der Waals surface area contributed by atoms with Crippen LogP contribution in [0.4, 0.5) is 0 Å². The molecule has 1 aliphatic heterocycles. The van der Waals surface area contributed by atoms with Crippen LogP contribution in [0.1, 0.15) is 17.6 Å². The second kappa shape index (κ2) is 8.35. The van der Waals surface area contributed by atoms with Gasteiger partial charge in [-0.1, -0.05) is 54.2 Å². The van der Waals surface area contributed by atoms with Crippen LogP contribution in [0.15, 0.2) is 64.2 Å². The van der Waals surface area contributed by atoms with E-state index in [0.29, 0.717) is 35.8 Å². The van der Waals surface area contributed by atoms with E-state index in [0.717, 1.165) is 5.56 Å². The lowest BCUT2D eigenvalue weighted by Gasteiger charge is -2.23. The third-order valence-corrected chi connectivity index (χ3v) is 5.02. The molecule has 1 aliphatic rings. The van der Waals surface area contributed by atoms with E-state index >= 15 is 0 Å². The topological polar surface area (TPSA) is 77.7 Å². The van der Waals surface area contributed by atoms with Crippen LogP contribution in [-0.4, -0.2) is 40.4 Å². The molecule has 0 saturated heterocycles. The van der Waals surface area contributed by atoms with Crippen molar-refractivity contribution in [2.24, 2.45) is 0 Å². The van der Waals surface area contributed by atoms with Crippen LogP contribution in [0.25, 0.3) is 0 Å². The summed E-state index contributed by atoms with van der Waals surface area (Å²) >= 11 is 1.21. The average molecular weight is 397 g/mol. The molecule has 28 heavy (non-hydrogen) atoms. The molecule has 8 heteroatoms. The van der Waals surface area contributed by atoms with Gasteiger partial charge in [-0.3, -0.25) is 4.79 Å². The molecule has 1 aromatic heterocycles. The number of carbonyl (C=O) groups excluding carboxylic acids is 1. The molecule has 2 heterocycles. The molecule has 7 nitrogen and oxygen atoms in total. The van der Waals surface area contributed by atoms with Gasteiger partial charge in [-0.2, -0.15) is 0 Å². The van der Waals surface area contributed by atoms with Gasteiger partial charge in [0.05, 0.1) is 5.75 Å². The monoisotopic (exact) mass is 397 g/mol. The SMILES string of the molecule is CN(Cc1ccccc1)C(=O)CSc1nnc([C@@H]2COc3ccccc3O2)o1. The minimum absolute atomic E-state index is 0.0141. The second-order valence-corrected chi connectivity index (χ2v) is 7.22. The maximum Gasteiger partial charge on any atom is 0.277 e. The lowest BCUT2D eigenvalue weighted by molar-refractivity contribution is -0.127. The molecule has 144 valence electrons. The number of hydrogen-bond acceptors (Lipinski definition) is 7. The van der Waals surface area contributed by atoms with Gasteiger partial charge in [0.15, 0.2) is 11.5 Å². The molecule has 4 rings (SSSR count). The number of hydrogen-bond donors (Lipinski definition) is 0. The van der Waals surface area contributed by atoms with E-state index in [1.165, 1.54) is 11.8 Å². The molecule has 3 aromatic rings. The number of para-hydroxylation sites is 2. The van der Waals surface area contributed by atoms with Gasteiger partial charge in [0.25, 0.3) is 11.1 Å². The molecule has 0 bridgehead atoms. The van der Waals surface area contributed by atoms with Gasteiger partial charge in [-0.15, -0.1) is 10.2 Å². The molecular weight excluding hydrogens is 378 g/mol. The van der Waals surface area contributed by atoms with Crippen LogP contribution in [-0.2, 0) is 11.3 Å². The Bertz CT molecular complexity index is 947. The van der Waals surface area contributed by atoms with E-state index in [4.69, 9.17) is 13.9 Å². The first kappa shape index (κ1) is 18.4. The van der Waals surface area contributed by atoms with Crippen molar-refractivity contribution in [1.29, 1.82) is 0 Å². The van der Waals surface area contributed by atoms with E-state index in [1.54, 1.807) is 11.9 Å². The minimum Gasteiger partial charge on any atom is -0.485 e. The summed E-state index contributed by atoms with van der Waals surface area (Å²) in [6.45, 7) is 0.851. The third kappa shape index (κ3) is 4.28. The molecule has 0 saturated carbocycles. The third-order valence-electron chi connectivity index (χ3n) is 4.21. The smallest absolute Gasteiger partial charge is 0.277 e. The molecule has 0 radical (unpaired) electrons. The van der Waals surface area contributed by atoms with Crippen LogP contribution in [0.5, 0.6) is 11.5 Å². The number of amides is 1. The standard InChI is InChI=1S/C20H19N3O4S/c1-23(11-14-7-3-2-4-8-14)18(24)13-28-20-22-21-19(27-20)17-12-25-15-9-5-6-10-16(15)26-17/h2-10,17H,11-13H2,1H3/t17-/m0/s1. The van der Waals surface area contributed by atoms with Crippen molar-refractivity contribution in [3.63, 3.8) is 0 Å². The van der Waals surface area contributed by atoms with Gasteiger partial charge in [-0.05, 0) is 17.7 Å². The lowest BCUT2D eigenvalue weighted by atomic mass is 10.2. The molecule has 1 atom stereocenters. The van der Waals surface area contributed by atoms with Crippen LogP contribution < -0.4 is 9.47 Å². The first-order valence-electron chi connectivity index (χ1n) is 8.81. The number of rotatable bonds is 6. The predicted octanol–water partition coefficient (Wildman–Crippen LogP) is 3.33. The molecule has 0 fully saturated rings. The first-order chi connectivity index (χ1) is 13.7. The second-order valence-electron chi connectivity index (χ2n) is 6.29. The van der Waals surface area contributed by atoms with Gasteiger partial charge in [0, 0.05) is 13.6 Å². The van der Waals surface area contributed by atoms with Crippen LogP contribution in [0, 0.1) is 0 Å². The average Bonchev–Trinajstić information content (AvgIpc) is 3.21. The largest absolute Gasteiger partial charge is 0.485 e. The van der Waals surface area contributed by atoms with Crippen molar-refractivity contribution in [3.8, 4) is 11.5 Å². The maximum absolute atomic E-state index is 12.3. The predicted molar refractivity (Wildman–Crippen MR) is 103 cm³/mol. The zero-order valence-corrected chi connectivity index (χ0v) is 16.1. The summed E-state index contributed by atoms with van der Waals surface area (Å²) in [5.74, 6) is 1.88. The summed E-state index contributed by atoms with van der Waals surface area (Å²) in [6.07, 6.45) is -0.465. The summed E-state index contributed by atoms with van der Waals surface area (Å²) in [6, 6.07) is 17.3. The van der Waals surface area contributed by atoms with Crippen molar-refractivity contribution < 1.29 is 18.7 Å². The Labute approximate surface area is 166 Å². The van der Waals surface area contributed by atoms with Crippen molar-refractivity contribution >= 4 is 17.7 Å².